The van der Waals surface area contributed by atoms with Crippen LogP contribution < -0.4 is 11.1 Å². The molecule has 0 aromatic heterocycles. The Bertz CT molecular complexity index is 714. The summed E-state index contributed by atoms with van der Waals surface area (Å²) in [5, 5.41) is 3.32. The third-order valence-electron chi connectivity index (χ3n) is 2.58. The molecule has 0 aliphatic rings. The van der Waals surface area contributed by atoms with Crippen LogP contribution in [-0.4, -0.2) is 5.91 Å². The Labute approximate surface area is 122 Å². The second-order valence-electron chi connectivity index (χ2n) is 4.21. The number of carbonyl (C=O) groups excluding carboxylic acids is 1. The van der Waals surface area contributed by atoms with Gasteiger partial charge in [0, 0.05) is 28.8 Å². The smallest absolute Gasteiger partial charge is 0.221 e. The van der Waals surface area contributed by atoms with E-state index in [2.05, 4.69) is 17.2 Å². The van der Waals surface area contributed by atoms with Crippen molar-refractivity contribution in [3.63, 3.8) is 0 Å². The van der Waals surface area contributed by atoms with Crippen molar-refractivity contribution in [3.8, 4) is 11.8 Å². The Morgan fingerprint density at radius 1 is 1.15 bits per heavy atom. The Hall–Kier alpha value is -2.44. The minimum Gasteiger partial charge on any atom is -0.398 e. The average molecular weight is 285 g/mol. The lowest BCUT2D eigenvalue weighted by Gasteiger charge is -2.04. The molecule has 4 heteroatoms. The maximum Gasteiger partial charge on any atom is 0.221 e. The summed E-state index contributed by atoms with van der Waals surface area (Å²) in [5.41, 5.74) is 8.47. The van der Waals surface area contributed by atoms with Crippen LogP contribution >= 0.6 is 11.6 Å². The molecule has 0 aliphatic carbocycles. The predicted octanol–water partition coefficient (Wildman–Crippen LogP) is 3.28. The second-order valence-corrected chi connectivity index (χ2v) is 4.64. The first-order valence-electron chi connectivity index (χ1n) is 6.00. The summed E-state index contributed by atoms with van der Waals surface area (Å²) in [5.74, 6) is 5.84. The van der Waals surface area contributed by atoms with Crippen molar-refractivity contribution in [3.05, 3.63) is 58.6 Å². The fourth-order valence-electron chi connectivity index (χ4n) is 1.66. The summed E-state index contributed by atoms with van der Waals surface area (Å²) >= 11 is 5.92. The zero-order valence-corrected chi connectivity index (χ0v) is 11.7. The van der Waals surface area contributed by atoms with Crippen LogP contribution in [0, 0.1) is 11.8 Å². The van der Waals surface area contributed by atoms with Crippen LogP contribution in [0.4, 0.5) is 11.4 Å². The number of nitrogens with one attached hydrogen (secondary N) is 1. The fourth-order valence-corrected chi connectivity index (χ4v) is 1.83. The van der Waals surface area contributed by atoms with Crippen LogP contribution in [0.1, 0.15) is 18.1 Å². The van der Waals surface area contributed by atoms with Crippen LogP contribution in [-0.2, 0) is 4.79 Å². The molecule has 20 heavy (non-hydrogen) atoms. The van der Waals surface area contributed by atoms with E-state index in [0.717, 1.165) is 5.56 Å². The van der Waals surface area contributed by atoms with Gasteiger partial charge in [0.05, 0.1) is 5.69 Å². The molecule has 3 N–H and O–H groups in total. The molecule has 0 fully saturated rings. The van der Waals surface area contributed by atoms with Crippen molar-refractivity contribution in [1.82, 2.24) is 0 Å². The van der Waals surface area contributed by atoms with Gasteiger partial charge in [0.2, 0.25) is 5.91 Å². The zero-order valence-electron chi connectivity index (χ0n) is 10.9. The van der Waals surface area contributed by atoms with E-state index >= 15 is 0 Å². The molecule has 2 aromatic rings. The number of nitrogens with two attached hydrogens (primary N) is 1. The van der Waals surface area contributed by atoms with Gasteiger partial charge in [0.25, 0.3) is 0 Å². The maximum atomic E-state index is 11.1. The first kappa shape index (κ1) is 14.0. The molecule has 100 valence electrons. The van der Waals surface area contributed by atoms with Crippen molar-refractivity contribution in [2.24, 2.45) is 0 Å². The number of benzene rings is 2. The highest BCUT2D eigenvalue weighted by atomic mass is 35.5. The minimum absolute atomic E-state index is 0.137. The largest absolute Gasteiger partial charge is 0.398 e. The van der Waals surface area contributed by atoms with Crippen molar-refractivity contribution in [2.75, 3.05) is 11.1 Å². The third-order valence-corrected chi connectivity index (χ3v) is 2.82. The molecule has 0 saturated carbocycles. The van der Waals surface area contributed by atoms with E-state index in [1.807, 2.05) is 18.2 Å². The molecule has 0 spiro atoms. The van der Waals surface area contributed by atoms with Crippen molar-refractivity contribution in [2.45, 2.75) is 6.92 Å². The standard InChI is InChI=1S/C16H13ClN2O/c1-11(20)19-16-5-3-2-4-12(16)6-7-13-10-14(17)8-9-15(13)18/h2-5,8-10H,18H2,1H3,(H,19,20). The quantitative estimate of drug-likeness (QED) is 0.624. The lowest BCUT2D eigenvalue weighted by Crippen LogP contribution is -2.06. The summed E-state index contributed by atoms with van der Waals surface area (Å²) in [7, 11) is 0. The average Bonchev–Trinajstić information content (AvgIpc) is 2.41. The van der Waals surface area contributed by atoms with Gasteiger partial charge in [-0.1, -0.05) is 35.6 Å². The van der Waals surface area contributed by atoms with Gasteiger partial charge in [-0.3, -0.25) is 4.79 Å². The van der Waals surface area contributed by atoms with Gasteiger partial charge in [-0.15, -0.1) is 0 Å². The first-order chi connectivity index (χ1) is 9.56. The summed E-state index contributed by atoms with van der Waals surface area (Å²) < 4.78 is 0. The Morgan fingerprint density at radius 3 is 2.60 bits per heavy atom. The van der Waals surface area contributed by atoms with E-state index in [0.29, 0.717) is 22.0 Å². The fraction of sp³-hybridized carbons (Fsp3) is 0.0625. The van der Waals surface area contributed by atoms with Crippen LogP contribution in [0.3, 0.4) is 0 Å². The van der Waals surface area contributed by atoms with Gasteiger partial charge in [-0.25, -0.2) is 0 Å². The maximum absolute atomic E-state index is 11.1. The molecule has 2 rings (SSSR count). The second kappa shape index (κ2) is 6.14. The summed E-state index contributed by atoms with van der Waals surface area (Å²) in [4.78, 5) is 11.1. The van der Waals surface area contributed by atoms with Gasteiger partial charge in [0.15, 0.2) is 0 Å². The number of hydrogen-bond donors (Lipinski definition) is 2. The molecule has 0 heterocycles. The van der Waals surface area contributed by atoms with E-state index in [1.165, 1.54) is 6.92 Å². The van der Waals surface area contributed by atoms with E-state index in [9.17, 15) is 4.79 Å². The Morgan fingerprint density at radius 2 is 1.85 bits per heavy atom. The van der Waals surface area contributed by atoms with Crippen molar-refractivity contribution < 1.29 is 4.79 Å². The number of para-hydroxylation sites is 1. The van der Waals surface area contributed by atoms with Crippen LogP contribution in [0.2, 0.25) is 5.02 Å². The Kier molecular flexibility index (Phi) is 4.29. The molecule has 3 nitrogen and oxygen atoms in total. The number of carbonyl (C=O) groups is 1. The molecular weight excluding hydrogens is 272 g/mol. The molecule has 0 bridgehead atoms. The first-order valence-corrected chi connectivity index (χ1v) is 6.38. The van der Waals surface area contributed by atoms with E-state index in [4.69, 9.17) is 17.3 Å². The molecule has 1 amide bonds. The topological polar surface area (TPSA) is 55.1 Å². The number of amides is 1. The van der Waals surface area contributed by atoms with Gasteiger partial charge >= 0.3 is 0 Å². The lowest BCUT2D eigenvalue weighted by atomic mass is 10.1. The molecule has 0 radical (unpaired) electrons. The van der Waals surface area contributed by atoms with Crippen molar-refractivity contribution >= 4 is 28.9 Å². The number of rotatable bonds is 1. The van der Waals surface area contributed by atoms with Gasteiger partial charge in [-0.2, -0.15) is 0 Å². The number of halogens is 1. The molecule has 0 aliphatic heterocycles. The number of hydrogen-bond acceptors (Lipinski definition) is 2. The summed E-state index contributed by atoms with van der Waals surface area (Å²) in [6, 6.07) is 12.5. The predicted molar refractivity (Wildman–Crippen MR) is 82.6 cm³/mol. The highest BCUT2D eigenvalue weighted by Gasteiger charge is 2.01. The highest BCUT2D eigenvalue weighted by molar-refractivity contribution is 6.30. The summed E-state index contributed by atoms with van der Waals surface area (Å²) in [6.07, 6.45) is 0. The van der Waals surface area contributed by atoms with Crippen LogP contribution in [0.5, 0.6) is 0 Å². The monoisotopic (exact) mass is 284 g/mol. The number of nitrogen functional groups attached to an aromatic ring is 1. The van der Waals surface area contributed by atoms with E-state index in [1.54, 1.807) is 24.3 Å². The molecule has 0 unspecified atom stereocenters. The third kappa shape index (κ3) is 3.53. The van der Waals surface area contributed by atoms with Crippen molar-refractivity contribution in [1.29, 1.82) is 0 Å². The van der Waals surface area contributed by atoms with Crippen LogP contribution in [0.25, 0.3) is 0 Å². The highest BCUT2D eigenvalue weighted by Crippen LogP contribution is 2.18. The Balaban J connectivity index is 2.38. The summed E-state index contributed by atoms with van der Waals surface area (Å²) in [6.45, 7) is 1.46. The van der Waals surface area contributed by atoms with E-state index in [-0.39, 0.29) is 5.91 Å². The normalized spacial score (nSPS) is 9.50. The lowest BCUT2D eigenvalue weighted by molar-refractivity contribution is -0.114. The molecular formula is C16H13ClN2O. The van der Waals surface area contributed by atoms with Gasteiger partial charge in [0.1, 0.15) is 0 Å². The van der Waals surface area contributed by atoms with E-state index < -0.39 is 0 Å². The zero-order chi connectivity index (χ0) is 14.5. The van der Waals surface area contributed by atoms with Gasteiger partial charge in [-0.05, 0) is 30.3 Å². The van der Waals surface area contributed by atoms with Crippen LogP contribution in [0.15, 0.2) is 42.5 Å². The van der Waals surface area contributed by atoms with Gasteiger partial charge < -0.3 is 11.1 Å². The minimum atomic E-state index is -0.137. The SMILES string of the molecule is CC(=O)Nc1ccccc1C#Cc1cc(Cl)ccc1N. The number of anilines is 2. The molecule has 0 saturated heterocycles. The molecule has 0 atom stereocenters. The molecule has 2 aromatic carbocycles.